The molecule has 1 saturated heterocycles. The van der Waals surface area contributed by atoms with Crippen molar-refractivity contribution in [2.75, 3.05) is 13.1 Å². The van der Waals surface area contributed by atoms with Crippen LogP contribution in [0.25, 0.3) is 0 Å². The molecule has 0 amide bonds. The van der Waals surface area contributed by atoms with Crippen molar-refractivity contribution in [3.05, 3.63) is 60.2 Å². The van der Waals surface area contributed by atoms with Gasteiger partial charge < -0.3 is 5.73 Å². The van der Waals surface area contributed by atoms with Gasteiger partial charge in [-0.15, -0.1) is 0 Å². The largest absolute Gasteiger partial charge is 0.326 e. The van der Waals surface area contributed by atoms with Crippen molar-refractivity contribution < 1.29 is 16.8 Å². The van der Waals surface area contributed by atoms with E-state index in [1.54, 1.807) is 0 Å². The molecule has 134 valence electrons. The second kappa shape index (κ2) is 6.50. The van der Waals surface area contributed by atoms with Crippen molar-refractivity contribution in [3.8, 4) is 0 Å². The number of rotatable bonds is 4. The number of hydrogen-bond acceptors (Lipinski definition) is 5. The number of sulfonamides is 2. The predicted molar refractivity (Wildman–Crippen MR) is 93.7 cm³/mol. The third kappa shape index (κ3) is 3.60. The van der Waals surface area contributed by atoms with Gasteiger partial charge in [0.2, 0.25) is 20.0 Å². The van der Waals surface area contributed by atoms with Gasteiger partial charge in [-0.05, 0) is 23.8 Å². The topological polar surface area (TPSA) is 124 Å². The fourth-order valence-electron chi connectivity index (χ4n) is 3.00. The molecule has 9 heteroatoms. The molecule has 0 spiro atoms. The van der Waals surface area contributed by atoms with E-state index in [9.17, 15) is 16.8 Å². The molecule has 1 aliphatic heterocycles. The fraction of sp³-hybridized carbons (Fsp3) is 0.250. The molecule has 3 rings (SSSR count). The van der Waals surface area contributed by atoms with E-state index in [4.69, 9.17) is 10.9 Å². The quantitative estimate of drug-likeness (QED) is 0.796. The van der Waals surface area contributed by atoms with Crippen LogP contribution in [0.15, 0.2) is 64.4 Å². The second-order valence-corrected chi connectivity index (χ2v) is 9.52. The summed E-state index contributed by atoms with van der Waals surface area (Å²) in [6.07, 6.45) is 0. The zero-order valence-electron chi connectivity index (χ0n) is 13.3. The minimum atomic E-state index is -3.98. The molecule has 2 aromatic rings. The highest BCUT2D eigenvalue weighted by Gasteiger charge is 2.38. The van der Waals surface area contributed by atoms with Crippen molar-refractivity contribution in [2.24, 2.45) is 10.9 Å². The van der Waals surface area contributed by atoms with Gasteiger partial charge >= 0.3 is 0 Å². The van der Waals surface area contributed by atoms with Crippen molar-refractivity contribution in [3.63, 3.8) is 0 Å². The zero-order chi connectivity index (χ0) is 18.2. The monoisotopic (exact) mass is 381 g/mol. The Labute approximate surface area is 147 Å². The van der Waals surface area contributed by atoms with Gasteiger partial charge in [-0.2, -0.15) is 4.31 Å². The highest BCUT2D eigenvalue weighted by Crippen LogP contribution is 2.30. The lowest BCUT2D eigenvalue weighted by Crippen LogP contribution is -2.32. The molecular weight excluding hydrogens is 362 g/mol. The molecule has 1 aliphatic rings. The van der Waals surface area contributed by atoms with E-state index < -0.39 is 20.0 Å². The van der Waals surface area contributed by atoms with Gasteiger partial charge in [0.05, 0.1) is 9.79 Å². The molecule has 0 aromatic heterocycles. The Morgan fingerprint density at radius 1 is 0.880 bits per heavy atom. The molecule has 0 saturated carbocycles. The Morgan fingerprint density at radius 2 is 1.52 bits per heavy atom. The Kier molecular flexibility index (Phi) is 4.69. The average Bonchev–Trinajstić information content (AvgIpc) is 2.98. The smallest absolute Gasteiger partial charge is 0.243 e. The Morgan fingerprint density at radius 3 is 2.16 bits per heavy atom. The summed E-state index contributed by atoms with van der Waals surface area (Å²) in [5.41, 5.74) is 7.13. The van der Waals surface area contributed by atoms with Crippen LogP contribution in [-0.2, 0) is 20.0 Å². The number of primary sulfonamides is 1. The van der Waals surface area contributed by atoms with Crippen LogP contribution >= 0.6 is 0 Å². The van der Waals surface area contributed by atoms with Crippen LogP contribution in [0.4, 0.5) is 0 Å². The van der Waals surface area contributed by atoms with E-state index in [0.717, 1.165) is 11.6 Å². The maximum Gasteiger partial charge on any atom is 0.243 e. The van der Waals surface area contributed by atoms with E-state index >= 15 is 0 Å². The third-order valence-electron chi connectivity index (χ3n) is 4.33. The molecular formula is C16H19N3O4S2. The number of benzene rings is 2. The van der Waals surface area contributed by atoms with E-state index in [2.05, 4.69) is 0 Å². The van der Waals surface area contributed by atoms with Gasteiger partial charge in [0.1, 0.15) is 0 Å². The first-order valence-electron chi connectivity index (χ1n) is 7.63. The summed E-state index contributed by atoms with van der Waals surface area (Å²) < 4.78 is 50.0. The first kappa shape index (κ1) is 18.0. The lowest BCUT2D eigenvalue weighted by atomic mass is 9.95. The standard InChI is InChI=1S/C16H19N3O4S2/c17-16-11-19(10-15(16)12-5-2-1-3-6-12)25(22,23)14-8-4-7-13(9-14)24(18,20)21/h1-9,15-16H,10-11,17H2,(H2,18,20,21)/t15-,16+/m0/s1. The van der Waals surface area contributed by atoms with Crippen molar-refractivity contribution in [1.29, 1.82) is 0 Å². The lowest BCUT2D eigenvalue weighted by Gasteiger charge is -2.17. The molecule has 1 fully saturated rings. The van der Waals surface area contributed by atoms with Gasteiger partial charge in [-0.3, -0.25) is 0 Å². The summed E-state index contributed by atoms with van der Waals surface area (Å²) in [5.74, 6) is -0.114. The molecule has 0 unspecified atom stereocenters. The molecule has 2 aromatic carbocycles. The maximum atomic E-state index is 12.9. The van der Waals surface area contributed by atoms with Gasteiger partial charge in [-0.1, -0.05) is 36.4 Å². The summed E-state index contributed by atoms with van der Waals surface area (Å²) >= 11 is 0. The van der Waals surface area contributed by atoms with Crippen molar-refractivity contribution in [2.45, 2.75) is 21.8 Å². The van der Waals surface area contributed by atoms with Crippen LogP contribution in [0.5, 0.6) is 0 Å². The third-order valence-corrected chi connectivity index (χ3v) is 7.07. The normalized spacial score (nSPS) is 22.2. The summed E-state index contributed by atoms with van der Waals surface area (Å²) in [4.78, 5) is -0.350. The van der Waals surface area contributed by atoms with Gasteiger partial charge in [0.25, 0.3) is 0 Å². The van der Waals surface area contributed by atoms with Crippen molar-refractivity contribution in [1.82, 2.24) is 4.31 Å². The molecule has 1 heterocycles. The summed E-state index contributed by atoms with van der Waals surface area (Å²) in [6.45, 7) is 0.411. The summed E-state index contributed by atoms with van der Waals surface area (Å²) in [6, 6.07) is 14.2. The first-order valence-corrected chi connectivity index (χ1v) is 10.6. The molecule has 4 N–H and O–H groups in total. The van der Waals surface area contributed by atoms with Crippen LogP contribution in [0.1, 0.15) is 11.5 Å². The van der Waals surface area contributed by atoms with Gasteiger partial charge in [-0.25, -0.2) is 22.0 Å². The Hall–Kier alpha value is -1.78. The van der Waals surface area contributed by atoms with Crippen LogP contribution < -0.4 is 10.9 Å². The molecule has 7 nitrogen and oxygen atoms in total. The maximum absolute atomic E-state index is 12.9. The van der Waals surface area contributed by atoms with E-state index in [0.29, 0.717) is 0 Å². The minimum Gasteiger partial charge on any atom is -0.326 e. The second-order valence-electron chi connectivity index (χ2n) is 6.02. The molecule has 0 aliphatic carbocycles. The van der Waals surface area contributed by atoms with Gasteiger partial charge in [0.15, 0.2) is 0 Å². The van der Waals surface area contributed by atoms with E-state index in [1.807, 2.05) is 30.3 Å². The predicted octanol–water partition coefficient (Wildman–Crippen LogP) is 0.449. The SMILES string of the molecule is N[C@@H]1CN(S(=O)(=O)c2cccc(S(N)(=O)=O)c2)C[C@H]1c1ccccc1. The van der Waals surface area contributed by atoms with E-state index in [-0.39, 0.29) is 34.8 Å². The number of nitrogens with two attached hydrogens (primary N) is 2. The van der Waals surface area contributed by atoms with Crippen LogP contribution in [0.3, 0.4) is 0 Å². The van der Waals surface area contributed by atoms with Crippen LogP contribution in [0, 0.1) is 0 Å². The number of nitrogens with zero attached hydrogens (tertiary/aromatic N) is 1. The zero-order valence-corrected chi connectivity index (χ0v) is 14.9. The summed E-state index contributed by atoms with van der Waals surface area (Å²) in [5, 5.41) is 5.09. The average molecular weight is 381 g/mol. The van der Waals surface area contributed by atoms with Crippen LogP contribution in [-0.4, -0.2) is 40.3 Å². The highest BCUT2D eigenvalue weighted by molar-refractivity contribution is 7.90. The van der Waals surface area contributed by atoms with Gasteiger partial charge in [0, 0.05) is 25.0 Å². The number of hydrogen-bond donors (Lipinski definition) is 2. The van der Waals surface area contributed by atoms with Crippen molar-refractivity contribution >= 4 is 20.0 Å². The first-order chi connectivity index (χ1) is 11.7. The summed E-state index contributed by atoms with van der Waals surface area (Å²) in [7, 11) is -7.84. The highest BCUT2D eigenvalue weighted by atomic mass is 32.2. The lowest BCUT2D eigenvalue weighted by molar-refractivity contribution is 0.470. The fourth-order valence-corrected chi connectivity index (χ4v) is 5.19. The Balaban J connectivity index is 1.92. The molecule has 0 radical (unpaired) electrons. The van der Waals surface area contributed by atoms with Crippen LogP contribution in [0.2, 0.25) is 0 Å². The molecule has 0 bridgehead atoms. The molecule has 2 atom stereocenters. The molecule has 25 heavy (non-hydrogen) atoms. The van der Waals surface area contributed by atoms with E-state index in [1.165, 1.54) is 22.5 Å². The Bertz CT molecular complexity index is 975. The minimum absolute atomic E-state index is 0.111.